The molecule has 0 aromatic carbocycles. The van der Waals surface area contributed by atoms with Crippen LogP contribution < -0.4 is 5.32 Å². The van der Waals surface area contributed by atoms with Crippen molar-refractivity contribution in [1.82, 2.24) is 10.2 Å². The molecule has 0 radical (unpaired) electrons. The van der Waals surface area contributed by atoms with Gasteiger partial charge in [0.05, 0.1) is 6.54 Å². The van der Waals surface area contributed by atoms with Crippen molar-refractivity contribution in [2.45, 2.75) is 13.0 Å². The first kappa shape index (κ1) is 9.98. The molecular weight excluding hydrogens is 264 g/mol. The highest BCUT2D eigenvalue weighted by atomic mass is 79.9. The average molecular weight is 275 g/mol. The number of amides is 2. The Balaban J connectivity index is 2.03. The Hall–Kier alpha value is -0.550. The summed E-state index contributed by atoms with van der Waals surface area (Å²) in [7, 11) is 0. The number of hydrogen-bond donors (Lipinski definition) is 1. The second-order valence-corrected chi connectivity index (χ2v) is 5.05. The van der Waals surface area contributed by atoms with E-state index in [2.05, 4.69) is 21.2 Å². The Kier molecular flexibility index (Phi) is 3.08. The fourth-order valence-electron chi connectivity index (χ4n) is 1.44. The van der Waals surface area contributed by atoms with Crippen molar-refractivity contribution >= 4 is 33.3 Å². The molecule has 1 aromatic rings. The lowest BCUT2D eigenvalue weighted by molar-refractivity contribution is 0.184. The van der Waals surface area contributed by atoms with Gasteiger partial charge in [0.1, 0.15) is 0 Å². The van der Waals surface area contributed by atoms with Crippen molar-refractivity contribution in [2.24, 2.45) is 0 Å². The van der Waals surface area contributed by atoms with Crippen molar-refractivity contribution in [3.63, 3.8) is 0 Å². The molecule has 1 N–H and O–H groups in total. The number of thiophene rings is 1. The topological polar surface area (TPSA) is 32.3 Å². The van der Waals surface area contributed by atoms with E-state index in [0.29, 0.717) is 6.54 Å². The molecule has 14 heavy (non-hydrogen) atoms. The van der Waals surface area contributed by atoms with Crippen LogP contribution in [-0.2, 0) is 6.54 Å². The second-order valence-electron chi connectivity index (χ2n) is 3.20. The molecule has 0 spiro atoms. The van der Waals surface area contributed by atoms with Crippen molar-refractivity contribution in [3.8, 4) is 0 Å². The number of carbonyl (C=O) groups is 1. The summed E-state index contributed by atoms with van der Waals surface area (Å²) in [6, 6.07) is 2.07. The Bertz CT molecular complexity index is 339. The SMILES string of the molecule is O=C1NCCCN1Cc1sccc1Br. The van der Waals surface area contributed by atoms with Gasteiger partial charge in [-0.25, -0.2) is 4.79 Å². The molecule has 1 aliphatic heterocycles. The molecule has 0 atom stereocenters. The molecule has 1 aliphatic rings. The lowest BCUT2D eigenvalue weighted by atomic mass is 10.3. The predicted octanol–water partition coefficient (Wildman–Crippen LogP) is 2.43. The number of urea groups is 1. The number of hydrogen-bond acceptors (Lipinski definition) is 2. The molecule has 2 heterocycles. The van der Waals surface area contributed by atoms with E-state index in [1.54, 1.807) is 11.3 Å². The number of halogens is 1. The van der Waals surface area contributed by atoms with Gasteiger partial charge in [0.25, 0.3) is 0 Å². The lowest BCUT2D eigenvalue weighted by Gasteiger charge is -2.27. The minimum Gasteiger partial charge on any atom is -0.338 e. The molecule has 76 valence electrons. The maximum Gasteiger partial charge on any atom is 0.317 e. The summed E-state index contributed by atoms with van der Waals surface area (Å²) in [6.07, 6.45) is 1.04. The van der Waals surface area contributed by atoms with E-state index in [-0.39, 0.29) is 6.03 Å². The van der Waals surface area contributed by atoms with Gasteiger partial charge in [-0.1, -0.05) is 0 Å². The van der Waals surface area contributed by atoms with Crippen molar-refractivity contribution < 1.29 is 4.79 Å². The zero-order valence-corrected chi connectivity index (χ0v) is 10.0. The summed E-state index contributed by atoms with van der Waals surface area (Å²) in [4.78, 5) is 14.5. The van der Waals surface area contributed by atoms with Gasteiger partial charge < -0.3 is 10.2 Å². The van der Waals surface area contributed by atoms with E-state index in [1.807, 2.05) is 16.3 Å². The quantitative estimate of drug-likeness (QED) is 0.883. The third-order valence-electron chi connectivity index (χ3n) is 2.19. The van der Waals surface area contributed by atoms with Crippen LogP contribution in [0.3, 0.4) is 0 Å². The van der Waals surface area contributed by atoms with Gasteiger partial charge in [0, 0.05) is 22.4 Å². The van der Waals surface area contributed by atoms with Crippen LogP contribution >= 0.6 is 27.3 Å². The van der Waals surface area contributed by atoms with Crippen LogP contribution in [-0.4, -0.2) is 24.0 Å². The van der Waals surface area contributed by atoms with Crippen LogP contribution in [0.4, 0.5) is 4.79 Å². The number of carbonyl (C=O) groups excluding carboxylic acids is 1. The van der Waals surface area contributed by atoms with Crippen LogP contribution in [0.25, 0.3) is 0 Å². The smallest absolute Gasteiger partial charge is 0.317 e. The number of nitrogens with zero attached hydrogens (tertiary/aromatic N) is 1. The standard InChI is InChI=1S/C9H11BrN2OS/c10-7-2-5-14-8(7)6-12-4-1-3-11-9(12)13/h2,5H,1,3-4,6H2,(H,11,13). The summed E-state index contributed by atoms with van der Waals surface area (Å²) in [5.74, 6) is 0. The highest BCUT2D eigenvalue weighted by Gasteiger charge is 2.18. The van der Waals surface area contributed by atoms with Crippen LogP contribution in [0.5, 0.6) is 0 Å². The Labute approximate surface area is 95.2 Å². The summed E-state index contributed by atoms with van der Waals surface area (Å²) >= 11 is 5.14. The molecule has 5 heteroatoms. The fraction of sp³-hybridized carbons (Fsp3) is 0.444. The van der Waals surface area contributed by atoms with Crippen LogP contribution in [0.2, 0.25) is 0 Å². The van der Waals surface area contributed by atoms with Crippen molar-refractivity contribution in [3.05, 3.63) is 20.8 Å². The average Bonchev–Trinajstić information content (AvgIpc) is 2.56. The highest BCUT2D eigenvalue weighted by molar-refractivity contribution is 9.10. The van der Waals surface area contributed by atoms with E-state index in [9.17, 15) is 4.79 Å². The third-order valence-corrected chi connectivity index (χ3v) is 4.10. The van der Waals surface area contributed by atoms with Crippen LogP contribution in [0, 0.1) is 0 Å². The van der Waals surface area contributed by atoms with Gasteiger partial charge in [-0.3, -0.25) is 0 Å². The van der Waals surface area contributed by atoms with E-state index >= 15 is 0 Å². The first-order chi connectivity index (χ1) is 6.77. The van der Waals surface area contributed by atoms with Gasteiger partial charge in [0.15, 0.2) is 0 Å². The van der Waals surface area contributed by atoms with Gasteiger partial charge in [-0.05, 0) is 33.8 Å². The largest absolute Gasteiger partial charge is 0.338 e. The van der Waals surface area contributed by atoms with Gasteiger partial charge in [-0.15, -0.1) is 11.3 Å². The fourth-order valence-corrected chi connectivity index (χ4v) is 2.93. The minimum atomic E-state index is 0.0524. The third kappa shape index (κ3) is 2.09. The van der Waals surface area contributed by atoms with Gasteiger partial charge in [0.2, 0.25) is 0 Å². The number of rotatable bonds is 2. The zero-order valence-electron chi connectivity index (χ0n) is 7.62. The van der Waals surface area contributed by atoms with E-state index in [1.165, 1.54) is 4.88 Å². The predicted molar refractivity (Wildman–Crippen MR) is 60.4 cm³/mol. The summed E-state index contributed by atoms with van der Waals surface area (Å²) < 4.78 is 1.10. The molecule has 0 saturated carbocycles. The summed E-state index contributed by atoms with van der Waals surface area (Å²) in [5, 5.41) is 4.87. The molecule has 0 aliphatic carbocycles. The molecule has 2 rings (SSSR count). The maximum absolute atomic E-state index is 11.4. The molecule has 1 aromatic heterocycles. The van der Waals surface area contributed by atoms with Crippen LogP contribution in [0.1, 0.15) is 11.3 Å². The molecule has 1 fully saturated rings. The van der Waals surface area contributed by atoms with E-state index in [0.717, 1.165) is 24.0 Å². The molecule has 1 saturated heterocycles. The van der Waals surface area contributed by atoms with E-state index in [4.69, 9.17) is 0 Å². The first-order valence-corrected chi connectivity index (χ1v) is 6.19. The normalized spacial score (nSPS) is 16.9. The Morgan fingerprint density at radius 3 is 3.14 bits per heavy atom. The Morgan fingerprint density at radius 1 is 1.64 bits per heavy atom. The molecule has 2 amide bonds. The molecule has 0 unspecified atom stereocenters. The molecule has 0 bridgehead atoms. The summed E-state index contributed by atoms with van der Waals surface area (Å²) in [6.45, 7) is 2.38. The van der Waals surface area contributed by atoms with E-state index < -0.39 is 0 Å². The van der Waals surface area contributed by atoms with Gasteiger partial charge >= 0.3 is 6.03 Å². The molecular formula is C9H11BrN2OS. The maximum atomic E-state index is 11.4. The second kappa shape index (κ2) is 4.31. The highest BCUT2D eigenvalue weighted by Crippen LogP contribution is 2.24. The van der Waals surface area contributed by atoms with Crippen LogP contribution in [0.15, 0.2) is 15.9 Å². The van der Waals surface area contributed by atoms with Crippen molar-refractivity contribution in [2.75, 3.05) is 13.1 Å². The summed E-state index contributed by atoms with van der Waals surface area (Å²) in [5.41, 5.74) is 0. The lowest BCUT2D eigenvalue weighted by Crippen LogP contribution is -2.45. The Morgan fingerprint density at radius 2 is 2.50 bits per heavy atom. The van der Waals surface area contributed by atoms with Crippen molar-refractivity contribution in [1.29, 1.82) is 0 Å². The molecule has 3 nitrogen and oxygen atoms in total. The first-order valence-electron chi connectivity index (χ1n) is 4.52. The zero-order chi connectivity index (χ0) is 9.97. The number of nitrogens with one attached hydrogen (secondary N) is 1. The monoisotopic (exact) mass is 274 g/mol. The minimum absolute atomic E-state index is 0.0524. The van der Waals surface area contributed by atoms with Gasteiger partial charge in [-0.2, -0.15) is 0 Å².